The summed E-state index contributed by atoms with van der Waals surface area (Å²) in [7, 11) is 1.53. The van der Waals surface area contributed by atoms with E-state index < -0.39 is 0 Å². The lowest BCUT2D eigenvalue weighted by Crippen LogP contribution is -2.60. The summed E-state index contributed by atoms with van der Waals surface area (Å²) >= 11 is 0. The predicted molar refractivity (Wildman–Crippen MR) is 119 cm³/mol. The van der Waals surface area contributed by atoms with Gasteiger partial charge in [-0.05, 0) is 39.8 Å². The molecule has 168 valence electrons. The second-order valence-electron chi connectivity index (χ2n) is 9.34. The van der Waals surface area contributed by atoms with Crippen molar-refractivity contribution < 1.29 is 14.6 Å². The summed E-state index contributed by atoms with van der Waals surface area (Å²) in [6, 6.07) is 6.75. The molecule has 1 aliphatic rings. The molecule has 4 heterocycles. The van der Waals surface area contributed by atoms with Gasteiger partial charge in [0.25, 0.3) is 0 Å². The molecule has 1 aliphatic heterocycles. The summed E-state index contributed by atoms with van der Waals surface area (Å²) < 4.78 is 11.2. The highest BCUT2D eigenvalue weighted by molar-refractivity contribution is 5.68. The van der Waals surface area contributed by atoms with E-state index in [0.29, 0.717) is 34.4 Å². The van der Waals surface area contributed by atoms with Crippen LogP contribution in [0.15, 0.2) is 36.8 Å². The molecule has 2 N–H and O–H groups in total. The molecule has 1 saturated heterocycles. The number of hydrogen-bond donors (Lipinski definition) is 2. The zero-order valence-corrected chi connectivity index (χ0v) is 19.0. The first-order valence-corrected chi connectivity index (χ1v) is 10.5. The van der Waals surface area contributed by atoms with Crippen LogP contribution in [0.3, 0.4) is 0 Å². The molecule has 3 aromatic rings. The number of ether oxygens (including phenoxy) is 2. The van der Waals surface area contributed by atoms with Crippen molar-refractivity contribution in [1.82, 2.24) is 30.5 Å². The minimum Gasteiger partial charge on any atom is -0.506 e. The molecular weight excluding hydrogens is 408 g/mol. The lowest BCUT2D eigenvalue weighted by molar-refractivity contribution is 0.0524. The van der Waals surface area contributed by atoms with Gasteiger partial charge in [-0.3, -0.25) is 0 Å². The molecule has 0 atom stereocenters. The van der Waals surface area contributed by atoms with E-state index in [4.69, 9.17) is 9.47 Å². The summed E-state index contributed by atoms with van der Waals surface area (Å²) in [5.74, 6) is 0.863. The molecule has 32 heavy (non-hydrogen) atoms. The Hall–Kier alpha value is -3.33. The molecule has 0 aliphatic carbocycles. The van der Waals surface area contributed by atoms with Gasteiger partial charge in [0.15, 0.2) is 0 Å². The third-order valence-electron chi connectivity index (χ3n) is 5.34. The number of pyridine rings is 1. The molecule has 9 nitrogen and oxygen atoms in total. The van der Waals surface area contributed by atoms with Gasteiger partial charge in [-0.2, -0.15) is 0 Å². The Balaban J connectivity index is 1.50. The van der Waals surface area contributed by atoms with Crippen LogP contribution < -0.4 is 14.8 Å². The fourth-order valence-electron chi connectivity index (χ4n) is 4.39. The molecule has 0 bridgehead atoms. The minimum atomic E-state index is -0.0232. The Kier molecular flexibility index (Phi) is 5.68. The fraction of sp³-hybridized carbons (Fsp3) is 0.435. The average molecular weight is 437 g/mol. The van der Waals surface area contributed by atoms with Gasteiger partial charge >= 0.3 is 0 Å². The van der Waals surface area contributed by atoms with E-state index in [9.17, 15) is 5.11 Å². The van der Waals surface area contributed by atoms with Crippen LogP contribution in [-0.2, 0) is 0 Å². The Bertz CT molecular complexity index is 1090. The summed E-state index contributed by atoms with van der Waals surface area (Å²) in [4.78, 5) is 12.5. The summed E-state index contributed by atoms with van der Waals surface area (Å²) in [6.07, 6.45) is 4.79. The monoisotopic (exact) mass is 436 g/mol. The van der Waals surface area contributed by atoms with Crippen molar-refractivity contribution in [3.8, 4) is 40.2 Å². The van der Waals surface area contributed by atoms with Gasteiger partial charge in [0.05, 0.1) is 12.8 Å². The van der Waals surface area contributed by atoms with Crippen molar-refractivity contribution in [2.75, 3.05) is 7.11 Å². The SMILES string of the molecule is COc1cc(-c2cnc(-c3ccc(OC4CC(C)(C)NC(C)(C)C4)nn3)c(O)c2)ncn1. The molecule has 9 heteroatoms. The number of nitrogens with zero attached hydrogens (tertiary/aromatic N) is 5. The molecule has 4 rings (SSSR count). The van der Waals surface area contributed by atoms with Crippen molar-refractivity contribution in [2.45, 2.75) is 57.7 Å². The Morgan fingerprint density at radius 2 is 1.69 bits per heavy atom. The van der Waals surface area contributed by atoms with Crippen molar-refractivity contribution >= 4 is 0 Å². The number of methoxy groups -OCH3 is 1. The van der Waals surface area contributed by atoms with Gasteiger partial charge < -0.3 is 19.9 Å². The lowest BCUT2D eigenvalue weighted by atomic mass is 9.81. The average Bonchev–Trinajstić information content (AvgIpc) is 2.72. The van der Waals surface area contributed by atoms with Gasteiger partial charge in [0, 0.05) is 47.8 Å². The first-order chi connectivity index (χ1) is 15.1. The highest BCUT2D eigenvalue weighted by atomic mass is 16.5. The Morgan fingerprint density at radius 3 is 2.31 bits per heavy atom. The van der Waals surface area contributed by atoms with Gasteiger partial charge in [-0.1, -0.05) is 0 Å². The van der Waals surface area contributed by atoms with E-state index in [-0.39, 0.29) is 22.9 Å². The largest absolute Gasteiger partial charge is 0.506 e. The van der Waals surface area contributed by atoms with E-state index in [1.807, 2.05) is 0 Å². The van der Waals surface area contributed by atoms with Crippen LogP contribution in [0.5, 0.6) is 17.5 Å². The van der Waals surface area contributed by atoms with E-state index in [2.05, 4.69) is 58.2 Å². The third kappa shape index (κ3) is 4.94. The maximum atomic E-state index is 10.5. The minimum absolute atomic E-state index is 0.0229. The molecule has 0 spiro atoms. The van der Waals surface area contributed by atoms with Crippen molar-refractivity contribution in [3.63, 3.8) is 0 Å². The predicted octanol–water partition coefficient (Wildman–Crippen LogP) is 3.40. The maximum Gasteiger partial charge on any atom is 0.233 e. The van der Waals surface area contributed by atoms with Crippen LogP contribution in [0.2, 0.25) is 0 Å². The normalized spacial score (nSPS) is 17.7. The van der Waals surface area contributed by atoms with Crippen LogP contribution in [0.25, 0.3) is 22.6 Å². The number of hydrogen-bond acceptors (Lipinski definition) is 9. The van der Waals surface area contributed by atoms with Gasteiger partial charge in [0.1, 0.15) is 29.6 Å². The molecule has 0 amide bonds. The molecule has 0 aromatic carbocycles. The second kappa shape index (κ2) is 8.31. The lowest BCUT2D eigenvalue weighted by Gasteiger charge is -2.46. The Labute approximate surface area is 187 Å². The maximum absolute atomic E-state index is 10.5. The highest BCUT2D eigenvalue weighted by Crippen LogP contribution is 2.32. The van der Waals surface area contributed by atoms with Crippen LogP contribution in [0.4, 0.5) is 0 Å². The summed E-state index contributed by atoms with van der Waals surface area (Å²) in [5.41, 5.74) is 1.96. The molecule has 0 radical (unpaired) electrons. The van der Waals surface area contributed by atoms with E-state index in [1.165, 1.54) is 13.4 Å². The number of nitrogens with one attached hydrogen (secondary N) is 1. The van der Waals surface area contributed by atoms with Crippen molar-refractivity contribution in [3.05, 3.63) is 36.8 Å². The Morgan fingerprint density at radius 1 is 0.938 bits per heavy atom. The summed E-state index contributed by atoms with van der Waals surface area (Å²) in [6.45, 7) is 8.70. The topological polar surface area (TPSA) is 115 Å². The van der Waals surface area contributed by atoms with Gasteiger partial charge in [-0.25, -0.2) is 15.0 Å². The zero-order chi connectivity index (χ0) is 22.9. The van der Waals surface area contributed by atoms with E-state index in [1.54, 1.807) is 30.5 Å². The fourth-order valence-corrected chi connectivity index (χ4v) is 4.39. The van der Waals surface area contributed by atoms with Crippen LogP contribution in [0.1, 0.15) is 40.5 Å². The standard InChI is InChI=1S/C23H28N6O3/c1-22(2)10-15(11-23(3,4)29-22)32-19-7-6-16(27-28-19)21-18(30)8-14(12-24-21)17-9-20(31-5)26-13-25-17/h6-9,12-13,15,29-30H,10-11H2,1-5H3. The van der Waals surface area contributed by atoms with Gasteiger partial charge in [0.2, 0.25) is 11.8 Å². The number of aromatic nitrogens is 5. The van der Waals surface area contributed by atoms with Crippen molar-refractivity contribution in [1.29, 1.82) is 0 Å². The highest BCUT2D eigenvalue weighted by Gasteiger charge is 2.38. The van der Waals surface area contributed by atoms with Crippen LogP contribution in [-0.4, -0.2) is 54.5 Å². The first-order valence-electron chi connectivity index (χ1n) is 10.5. The summed E-state index contributed by atoms with van der Waals surface area (Å²) in [5, 5.41) is 22.6. The van der Waals surface area contributed by atoms with Crippen LogP contribution in [0, 0.1) is 0 Å². The zero-order valence-electron chi connectivity index (χ0n) is 19.0. The molecule has 3 aromatic heterocycles. The van der Waals surface area contributed by atoms with Crippen molar-refractivity contribution in [2.24, 2.45) is 0 Å². The number of aromatic hydroxyl groups is 1. The smallest absolute Gasteiger partial charge is 0.233 e. The van der Waals surface area contributed by atoms with E-state index in [0.717, 1.165) is 12.8 Å². The quantitative estimate of drug-likeness (QED) is 0.621. The third-order valence-corrected chi connectivity index (χ3v) is 5.34. The number of rotatable bonds is 5. The second-order valence-corrected chi connectivity index (χ2v) is 9.34. The number of piperidine rings is 1. The molecule has 1 fully saturated rings. The first kappa shape index (κ1) is 21.9. The molecular formula is C23H28N6O3. The van der Waals surface area contributed by atoms with Crippen LogP contribution >= 0.6 is 0 Å². The van der Waals surface area contributed by atoms with E-state index >= 15 is 0 Å². The molecule has 0 saturated carbocycles. The van der Waals surface area contributed by atoms with Gasteiger partial charge in [-0.15, -0.1) is 10.2 Å². The molecule has 0 unspecified atom stereocenters.